The minimum atomic E-state index is -0.518. The lowest BCUT2D eigenvalue weighted by molar-refractivity contribution is 0.0725. The van der Waals surface area contributed by atoms with Gasteiger partial charge in [0.25, 0.3) is 0 Å². The van der Waals surface area contributed by atoms with Gasteiger partial charge in [-0.2, -0.15) is 5.10 Å². The Morgan fingerprint density at radius 2 is 1.72 bits per heavy atom. The lowest BCUT2D eigenvalue weighted by Gasteiger charge is -2.12. The molecule has 0 fully saturated rings. The van der Waals surface area contributed by atoms with Crippen molar-refractivity contribution in [2.45, 2.75) is 6.92 Å². The number of nitrogens with zero attached hydrogens (tertiary/aromatic N) is 1. The highest BCUT2D eigenvalue weighted by molar-refractivity contribution is 5.94. The number of carbonyl (C=O) groups excluding carboxylic acids is 1. The van der Waals surface area contributed by atoms with Gasteiger partial charge in [-0.15, -0.1) is 0 Å². The van der Waals surface area contributed by atoms with Gasteiger partial charge < -0.3 is 14.2 Å². The third-order valence-corrected chi connectivity index (χ3v) is 3.98. The Bertz CT molecular complexity index is 987. The number of hydrogen-bond acceptors (Lipinski definition) is 6. The van der Waals surface area contributed by atoms with Crippen LogP contribution in [-0.2, 0) is 0 Å². The molecule has 0 bridgehead atoms. The Balaban J connectivity index is 1.76. The van der Waals surface area contributed by atoms with Gasteiger partial charge in [0, 0.05) is 0 Å². The largest absolute Gasteiger partial charge is 0.496 e. The zero-order valence-electron chi connectivity index (χ0n) is 16.3. The van der Waals surface area contributed by atoms with Crippen molar-refractivity contribution in [1.29, 1.82) is 0 Å². The van der Waals surface area contributed by atoms with Gasteiger partial charge >= 0.3 is 5.97 Å². The van der Waals surface area contributed by atoms with E-state index in [1.807, 2.05) is 37.3 Å². The van der Waals surface area contributed by atoms with Crippen LogP contribution in [0.15, 0.2) is 77.9 Å². The van der Waals surface area contributed by atoms with Crippen LogP contribution < -0.4 is 19.6 Å². The molecule has 6 nitrogen and oxygen atoms in total. The van der Waals surface area contributed by atoms with E-state index >= 15 is 0 Å². The van der Waals surface area contributed by atoms with Crippen LogP contribution in [0.25, 0.3) is 0 Å². The van der Waals surface area contributed by atoms with Gasteiger partial charge in [0.05, 0.1) is 25.6 Å². The molecule has 148 valence electrons. The molecule has 0 aliphatic carbocycles. The number of ether oxygens (including phenoxy) is 3. The van der Waals surface area contributed by atoms with Gasteiger partial charge in [-0.3, -0.25) is 5.43 Å². The molecule has 3 aromatic carbocycles. The maximum atomic E-state index is 12.6. The molecule has 6 heteroatoms. The van der Waals surface area contributed by atoms with Crippen molar-refractivity contribution in [3.63, 3.8) is 0 Å². The number of nitrogens with one attached hydrogen (secondary N) is 1. The van der Waals surface area contributed by atoms with E-state index in [4.69, 9.17) is 14.2 Å². The van der Waals surface area contributed by atoms with E-state index in [0.29, 0.717) is 29.4 Å². The number of hydrogen-bond donors (Lipinski definition) is 1. The minimum absolute atomic E-state index is 0.330. The Kier molecular flexibility index (Phi) is 6.84. The van der Waals surface area contributed by atoms with Crippen LogP contribution >= 0.6 is 0 Å². The van der Waals surface area contributed by atoms with Crippen molar-refractivity contribution in [2.75, 3.05) is 19.1 Å². The summed E-state index contributed by atoms with van der Waals surface area (Å²) in [5, 5.41) is 4.22. The number of rotatable bonds is 8. The summed E-state index contributed by atoms with van der Waals surface area (Å²) < 4.78 is 16.4. The number of benzene rings is 3. The summed E-state index contributed by atoms with van der Waals surface area (Å²) in [7, 11) is 1.51. The molecule has 0 unspecified atom stereocenters. The van der Waals surface area contributed by atoms with Crippen molar-refractivity contribution in [2.24, 2.45) is 5.10 Å². The fraction of sp³-hybridized carbons (Fsp3) is 0.130. The van der Waals surface area contributed by atoms with Crippen molar-refractivity contribution in [3.05, 3.63) is 83.9 Å². The lowest BCUT2D eigenvalue weighted by atomic mass is 10.2. The normalized spacial score (nSPS) is 10.6. The van der Waals surface area contributed by atoms with Gasteiger partial charge in [0.1, 0.15) is 11.3 Å². The van der Waals surface area contributed by atoms with Crippen LogP contribution in [0.4, 0.5) is 5.69 Å². The van der Waals surface area contributed by atoms with Gasteiger partial charge in [0.2, 0.25) is 0 Å². The Labute approximate surface area is 169 Å². The smallest absolute Gasteiger partial charge is 0.347 e. The van der Waals surface area contributed by atoms with Crippen molar-refractivity contribution < 1.29 is 19.0 Å². The first-order valence-electron chi connectivity index (χ1n) is 9.17. The number of carbonyl (C=O) groups is 1. The maximum absolute atomic E-state index is 12.6. The predicted octanol–water partition coefficient (Wildman–Crippen LogP) is 4.76. The van der Waals surface area contributed by atoms with Crippen LogP contribution in [0.3, 0.4) is 0 Å². The average molecular weight is 390 g/mol. The highest BCUT2D eigenvalue weighted by atomic mass is 16.6. The van der Waals surface area contributed by atoms with E-state index in [1.54, 1.807) is 48.7 Å². The first kappa shape index (κ1) is 19.9. The molecule has 1 N–H and O–H groups in total. The standard InChI is InChI=1S/C23H22N2O4/c1-3-28-22-15-17(16-24-25-18-9-5-4-6-10-18)13-14-21(22)29-23(26)19-11-7-8-12-20(19)27-2/h4-16,25H,3H2,1-2H3/b24-16-. The van der Waals surface area contributed by atoms with Crippen LogP contribution in [-0.4, -0.2) is 25.9 Å². The van der Waals surface area contributed by atoms with Crippen molar-refractivity contribution >= 4 is 17.9 Å². The highest BCUT2D eigenvalue weighted by Crippen LogP contribution is 2.30. The molecule has 0 aliphatic heterocycles. The van der Waals surface area contributed by atoms with Crippen LogP contribution in [0, 0.1) is 0 Å². The van der Waals surface area contributed by atoms with Crippen molar-refractivity contribution in [1.82, 2.24) is 0 Å². The second kappa shape index (κ2) is 9.94. The molecule has 0 aliphatic rings. The molecule has 0 saturated heterocycles. The number of hydrazone groups is 1. The molecule has 29 heavy (non-hydrogen) atoms. The number of esters is 1. The number of para-hydroxylation sites is 2. The third-order valence-electron chi connectivity index (χ3n) is 3.98. The first-order valence-corrected chi connectivity index (χ1v) is 9.17. The first-order chi connectivity index (χ1) is 14.2. The van der Waals surface area contributed by atoms with Gasteiger partial charge in [0.15, 0.2) is 11.5 Å². The molecule has 0 saturated carbocycles. The fourth-order valence-electron chi connectivity index (χ4n) is 2.62. The molecule has 0 radical (unpaired) electrons. The Hall–Kier alpha value is -3.80. The van der Waals surface area contributed by atoms with Crippen LogP contribution in [0.1, 0.15) is 22.8 Å². The molecular weight excluding hydrogens is 368 g/mol. The Morgan fingerprint density at radius 3 is 2.48 bits per heavy atom. The van der Waals surface area contributed by atoms with Crippen LogP contribution in [0.5, 0.6) is 17.2 Å². The lowest BCUT2D eigenvalue weighted by Crippen LogP contribution is -2.11. The maximum Gasteiger partial charge on any atom is 0.347 e. The van der Waals surface area contributed by atoms with E-state index in [9.17, 15) is 4.79 Å². The summed E-state index contributed by atoms with van der Waals surface area (Å²) in [6, 6.07) is 21.8. The van der Waals surface area contributed by atoms with Crippen molar-refractivity contribution in [3.8, 4) is 17.2 Å². The van der Waals surface area contributed by atoms with E-state index in [-0.39, 0.29) is 0 Å². The van der Waals surface area contributed by atoms with E-state index < -0.39 is 5.97 Å². The quantitative estimate of drug-likeness (QED) is 0.260. The molecule has 3 rings (SSSR count). The minimum Gasteiger partial charge on any atom is -0.496 e. The van der Waals surface area contributed by atoms with Gasteiger partial charge in [-0.05, 0) is 55.0 Å². The van der Waals surface area contributed by atoms with E-state index in [2.05, 4.69) is 10.5 Å². The predicted molar refractivity (Wildman–Crippen MR) is 113 cm³/mol. The van der Waals surface area contributed by atoms with E-state index in [1.165, 1.54) is 7.11 Å². The Morgan fingerprint density at radius 1 is 0.966 bits per heavy atom. The third kappa shape index (κ3) is 5.35. The summed E-state index contributed by atoms with van der Waals surface area (Å²) in [6.07, 6.45) is 1.67. The molecule has 3 aromatic rings. The topological polar surface area (TPSA) is 69.1 Å². The van der Waals surface area contributed by atoms with Gasteiger partial charge in [-0.25, -0.2) is 4.79 Å². The summed E-state index contributed by atoms with van der Waals surface area (Å²) in [4.78, 5) is 12.6. The van der Waals surface area contributed by atoms with Gasteiger partial charge in [-0.1, -0.05) is 30.3 Å². The molecule has 0 spiro atoms. The monoisotopic (exact) mass is 390 g/mol. The number of methoxy groups -OCH3 is 1. The van der Waals surface area contributed by atoms with Crippen LogP contribution in [0.2, 0.25) is 0 Å². The summed E-state index contributed by atoms with van der Waals surface area (Å²) in [5.74, 6) is 0.720. The van der Waals surface area contributed by atoms with E-state index in [0.717, 1.165) is 11.3 Å². The second-order valence-corrected chi connectivity index (χ2v) is 5.97. The zero-order chi connectivity index (χ0) is 20.5. The summed E-state index contributed by atoms with van der Waals surface area (Å²) in [5.41, 5.74) is 4.98. The fourth-order valence-corrected chi connectivity index (χ4v) is 2.62. The highest BCUT2D eigenvalue weighted by Gasteiger charge is 2.16. The zero-order valence-corrected chi connectivity index (χ0v) is 16.3. The molecule has 0 aromatic heterocycles. The molecule has 0 amide bonds. The molecular formula is C23H22N2O4. The SMILES string of the molecule is CCOc1cc(/C=N\Nc2ccccc2)ccc1OC(=O)c1ccccc1OC. The second-order valence-electron chi connectivity index (χ2n) is 5.97. The summed E-state index contributed by atoms with van der Waals surface area (Å²) in [6.45, 7) is 2.30. The summed E-state index contributed by atoms with van der Waals surface area (Å²) >= 11 is 0. The molecule has 0 heterocycles. The number of anilines is 1. The average Bonchev–Trinajstić information content (AvgIpc) is 2.76. The molecule has 0 atom stereocenters.